The molecule has 4 unspecified atom stereocenters. The molecule has 1 aromatic heterocycles. The fourth-order valence-corrected chi connectivity index (χ4v) is 20.1. The Bertz CT molecular complexity index is 4920. The number of nitrogens with zero attached hydrogens (tertiary/aromatic N) is 6. The highest BCUT2D eigenvalue weighted by molar-refractivity contribution is 8.77. The SMILES string of the molecule is CCN1c2cc3c(cc2C(C)CC1(C)C)C(c1ccccc1C(=O)N(C)CCCC(=O)NCCc1ccc(N=Nc2ccc(C(=O)NCC#Cc4cn([C@H]5CC(OCSSC(C)(C)C)[C@@H](COP(=O)(O)OP(=O)(O)OP(=O)(O)O)O5)c(=O)[nH]c4=O)cc2)c(O)c1)=c1cc2c4c(c1C3(C)C)CCC[N+]=4CCC2. The summed E-state index contributed by atoms with van der Waals surface area (Å²) in [5.74, 6) is 4.76. The number of hydrogen-bond donors (Lipinski definition) is 8. The van der Waals surface area contributed by atoms with Crippen LogP contribution in [0.15, 0.2) is 111 Å². The van der Waals surface area contributed by atoms with E-state index in [2.05, 4.69) is 122 Å². The van der Waals surface area contributed by atoms with Crippen LogP contribution in [0.1, 0.15) is 184 Å². The minimum atomic E-state index is -5.82. The van der Waals surface area contributed by atoms with Gasteiger partial charge in [0.15, 0.2) is 0 Å². The number of amides is 3. The molecule has 8 N–H and O–H groups in total. The molecule has 1 saturated heterocycles. The second-order valence-electron chi connectivity index (χ2n) is 29.2. The Hall–Kier alpha value is -7.35. The number of fused-ring (bicyclic) bond motifs is 4. The van der Waals surface area contributed by atoms with Crippen LogP contribution < -0.4 is 41.9 Å². The molecular weight excluding hydrogens is 1460 g/mol. The summed E-state index contributed by atoms with van der Waals surface area (Å²) >= 11 is 0. The lowest BCUT2D eigenvalue weighted by Crippen LogP contribution is -2.50. The smallest absolute Gasteiger partial charge is 0.490 e. The maximum absolute atomic E-state index is 14.9. The zero-order valence-electron chi connectivity index (χ0n) is 60.9. The number of aromatic amines is 1. The van der Waals surface area contributed by atoms with Gasteiger partial charge in [-0.25, -0.2) is 23.1 Å². The quantitative estimate of drug-likeness (QED) is 0.00476. The minimum Gasteiger partial charge on any atom is -0.506 e. The Morgan fingerprint density at radius 2 is 1.64 bits per heavy atom. The molecule has 5 heterocycles. The molecule has 5 aromatic carbocycles. The molecule has 0 radical (unpaired) electrons. The monoisotopic (exact) mass is 1550 g/mol. The zero-order chi connectivity index (χ0) is 76.4. The van der Waals surface area contributed by atoms with Gasteiger partial charge in [-0.1, -0.05) is 99.2 Å². The van der Waals surface area contributed by atoms with Gasteiger partial charge in [-0.3, -0.25) is 33.3 Å². The van der Waals surface area contributed by atoms with Gasteiger partial charge < -0.3 is 54.6 Å². The summed E-state index contributed by atoms with van der Waals surface area (Å²) in [5.41, 5.74) is 11.3. The van der Waals surface area contributed by atoms with Gasteiger partial charge in [0.05, 0.1) is 24.9 Å². The second kappa shape index (κ2) is 32.5. The Labute approximate surface area is 622 Å². The van der Waals surface area contributed by atoms with Gasteiger partial charge in [-0.2, -0.15) is 13.7 Å². The molecule has 0 bridgehead atoms. The highest BCUT2D eigenvalue weighted by atomic mass is 33.1. The number of rotatable bonds is 26. The van der Waals surface area contributed by atoms with E-state index in [4.69, 9.17) is 23.8 Å². The fourth-order valence-electron chi connectivity index (χ4n) is 15.0. The van der Waals surface area contributed by atoms with Crippen molar-refractivity contribution in [2.24, 2.45) is 10.2 Å². The first-order chi connectivity index (χ1) is 50.0. The molecule has 0 spiro atoms. The lowest BCUT2D eigenvalue weighted by Gasteiger charge is -2.48. The number of phosphoric ester groups is 1. The van der Waals surface area contributed by atoms with Crippen molar-refractivity contribution < 1.29 is 75.4 Å². The van der Waals surface area contributed by atoms with Gasteiger partial charge in [0, 0.05) is 102 Å². The number of phosphoric acid groups is 3. The average molecular weight is 1550 g/mol. The number of nitrogens with one attached hydrogen (secondary N) is 3. The topological polar surface area (TPSA) is 363 Å². The van der Waals surface area contributed by atoms with Crippen molar-refractivity contribution in [3.8, 4) is 17.6 Å². The molecule has 6 atom stereocenters. The van der Waals surface area contributed by atoms with Crippen LogP contribution in [0.4, 0.5) is 17.1 Å². The van der Waals surface area contributed by atoms with Crippen molar-refractivity contribution in [1.29, 1.82) is 0 Å². The third kappa shape index (κ3) is 18.7. The maximum atomic E-state index is 14.9. The summed E-state index contributed by atoms with van der Waals surface area (Å²) in [5, 5.41) is 27.6. The molecule has 4 aliphatic heterocycles. The van der Waals surface area contributed by atoms with E-state index in [0.29, 0.717) is 43.1 Å². The first-order valence-electron chi connectivity index (χ1n) is 35.2. The number of phenolic OH excluding ortho intramolecular Hbond substituents is 1. The molecule has 3 amide bonds. The van der Waals surface area contributed by atoms with Crippen LogP contribution in [0, 0.1) is 11.8 Å². The molecule has 106 heavy (non-hydrogen) atoms. The summed E-state index contributed by atoms with van der Waals surface area (Å²) < 4.78 is 63.3. The molecule has 11 rings (SSSR count). The Kier molecular flexibility index (Phi) is 24.4. The predicted molar refractivity (Wildman–Crippen MR) is 405 cm³/mol. The molecule has 5 aliphatic rings. The van der Waals surface area contributed by atoms with Crippen molar-refractivity contribution in [3.63, 3.8) is 0 Å². The van der Waals surface area contributed by atoms with Crippen molar-refractivity contribution >= 4 is 85.4 Å². The van der Waals surface area contributed by atoms with Crippen molar-refractivity contribution in [2.75, 3.05) is 63.8 Å². The number of H-pyrrole nitrogens is 1. The summed E-state index contributed by atoms with van der Waals surface area (Å²) in [6.45, 7) is 22.7. The van der Waals surface area contributed by atoms with Crippen LogP contribution >= 0.6 is 45.1 Å². The number of aromatic nitrogens is 2. The molecule has 566 valence electrons. The van der Waals surface area contributed by atoms with Crippen LogP contribution in [-0.4, -0.2) is 138 Å². The van der Waals surface area contributed by atoms with E-state index in [1.165, 1.54) is 83.4 Å². The Morgan fingerprint density at radius 1 is 0.906 bits per heavy atom. The zero-order valence-corrected chi connectivity index (χ0v) is 65.2. The van der Waals surface area contributed by atoms with Crippen molar-refractivity contribution in [2.45, 2.75) is 160 Å². The summed E-state index contributed by atoms with van der Waals surface area (Å²) in [7, 11) is -12.4. The number of carbonyl (C=O) groups excluding carboxylic acids is 3. The Balaban J connectivity index is 0.666. The van der Waals surface area contributed by atoms with Crippen molar-refractivity contribution in [1.82, 2.24) is 29.7 Å². The number of benzene rings is 5. The number of hydrogen-bond acceptors (Lipinski definition) is 19. The fraction of sp³-hybridized carbons (Fsp3) is 0.459. The van der Waals surface area contributed by atoms with Gasteiger partial charge in [0.2, 0.25) is 11.3 Å². The number of anilines is 1. The summed E-state index contributed by atoms with van der Waals surface area (Å²) in [6.07, 6.45) is 3.97. The second-order valence-corrected chi connectivity index (χ2v) is 36.7. The van der Waals surface area contributed by atoms with Crippen molar-refractivity contribution in [3.05, 3.63) is 184 Å². The van der Waals surface area contributed by atoms with E-state index in [9.17, 15) is 52.6 Å². The molecule has 6 aromatic rings. The molecule has 32 heteroatoms. The highest BCUT2D eigenvalue weighted by Crippen LogP contribution is 2.66. The number of aryl methyl sites for hydroxylation is 1. The highest BCUT2D eigenvalue weighted by Gasteiger charge is 2.46. The van der Waals surface area contributed by atoms with Gasteiger partial charge in [-0.05, 0) is 164 Å². The molecule has 27 nitrogen and oxygen atoms in total. The molecular formula is C74H91N9O18P3S2+. The first-order valence-corrected chi connectivity index (χ1v) is 42.1. The van der Waals surface area contributed by atoms with E-state index in [1.807, 2.05) is 46.0 Å². The van der Waals surface area contributed by atoms with Crippen LogP contribution in [-0.2, 0) is 65.8 Å². The lowest BCUT2D eigenvalue weighted by molar-refractivity contribution is -0.121. The largest absolute Gasteiger partial charge is 0.506 e. The van der Waals surface area contributed by atoms with Crippen LogP contribution in [0.2, 0.25) is 0 Å². The summed E-state index contributed by atoms with van der Waals surface area (Å²) in [6, 6.07) is 26.5. The third-order valence-corrected chi connectivity index (χ3v) is 26.3. The van der Waals surface area contributed by atoms with Gasteiger partial charge >= 0.3 is 29.2 Å². The van der Waals surface area contributed by atoms with E-state index in [-0.39, 0.29) is 75.4 Å². The molecule has 1 fully saturated rings. The van der Waals surface area contributed by atoms with Crippen LogP contribution in [0.5, 0.6) is 5.75 Å². The number of azo groups is 1. The summed E-state index contributed by atoms with van der Waals surface area (Å²) in [4.78, 5) is 111. The Morgan fingerprint density at radius 3 is 2.36 bits per heavy atom. The lowest BCUT2D eigenvalue weighted by atomic mass is 9.64. The normalized spacial score (nSPS) is 19.7. The number of carbonyl (C=O) groups is 3. The third-order valence-electron chi connectivity index (χ3n) is 19.5. The first kappa shape index (κ1) is 79.7. The van der Waals surface area contributed by atoms with E-state index < -0.39 is 65.7 Å². The maximum Gasteiger partial charge on any atom is 0.490 e. The minimum absolute atomic E-state index is 0.00264. The van der Waals surface area contributed by atoms with Gasteiger partial charge in [0.25, 0.3) is 17.4 Å². The van der Waals surface area contributed by atoms with E-state index in [0.717, 1.165) is 79.2 Å². The van der Waals surface area contributed by atoms with Gasteiger partial charge in [-0.15, -0.1) is 5.11 Å². The van der Waals surface area contributed by atoms with Crippen LogP contribution in [0.25, 0.3) is 5.57 Å². The molecule has 1 aliphatic carbocycles. The number of phenols is 1. The van der Waals surface area contributed by atoms with E-state index in [1.54, 1.807) is 35.2 Å². The average Bonchev–Trinajstić information content (AvgIpc) is 0.845. The standard InChI is InChI=1S/C74H90N9O18P3S2/c1-11-83-59-39-57-55(38-54(59)45(2)41-73(83,6)7)65(56-37-48-19-15-34-81-35-16-22-53(67(48)81)66(56)74(57,8)9)51-20-12-13-21-52(51)70(88)80(10)33-17-23-63(85)75-32-30-46-24-29-58(60(84)36-46)79-78-50-27-25-47(26-28-50)68(86)76-31-14-18-49-42-82(71(89)77-69(49)87)64-40-61(97-44-105-106-72(3,4)5)62(99-64)43-98-103(93,94)101-104(95,96)100-102(90,91)92/h12-13,20-21,24-29,36-39,42,45,61-62,64H,11,15-17,19,22-23,30-35,40-41,43-44H2,1-10H3,(H7-,75,76,77,78,84,85,86,87,89,90,91,92,93,94,95,96)/p+1/t45?,61?,62-,64-/m1/s1. The predicted octanol–water partition coefficient (Wildman–Crippen LogP) is 10.2. The van der Waals surface area contributed by atoms with Gasteiger partial charge in [0.1, 0.15) is 48.4 Å². The van der Waals surface area contributed by atoms with Crippen LogP contribution in [0.3, 0.4) is 0 Å². The van der Waals surface area contributed by atoms with E-state index >= 15 is 0 Å². The number of aromatic hydroxyl groups is 1. The number of ether oxygens (including phenoxy) is 2. The molecule has 0 saturated carbocycles.